The maximum Gasteiger partial charge on any atom is 0.326 e. The Kier molecular flexibility index (Phi) is 25.0. The molecular weight excluding hydrogens is 851 g/mol. The number of rotatable bonds is 31. The third-order valence-electron chi connectivity index (χ3n) is 10.9. The number of unbranched alkanes of at least 4 members (excludes halogenated alkanes) is 1. The molecule has 0 aliphatic rings. The average Bonchev–Trinajstić information content (AvgIpc) is 3.78. The largest absolute Gasteiger partial charge is 0.480 e. The molecule has 6 amide bonds. The molecule has 0 radical (unpaired) electrons. The van der Waals surface area contributed by atoms with Crippen molar-refractivity contribution in [3.05, 3.63) is 54.1 Å². The summed E-state index contributed by atoms with van der Waals surface area (Å²) in [5.41, 5.74) is 24.1. The van der Waals surface area contributed by atoms with Crippen LogP contribution in [0.2, 0.25) is 0 Å². The van der Waals surface area contributed by atoms with Crippen LogP contribution in [0.1, 0.15) is 104 Å². The first-order valence-electron chi connectivity index (χ1n) is 22.8. The standard InChI is InChI=1S/C45H75N13O8/c1-7-28(6)37(47)43(64)54-31(16-11-12-18-46)38(59)55-33(20-26(2)3)40(61)53-32(17-13-19-51-45(48)49)39(60)57-35(22-29-14-9-8-10-15-29)42(63)56-34(21-27(4)5)41(62)58-36(44(65)66)23-30-24-50-25-52-30/h8-10,14-15,24-28,31-37H,7,11-13,16-23,46-47H2,1-6H3,(H,50,52)(H,53,61)(H,54,64)(H,55,59)(H,56,63)(H,57,60)(H,58,62)(H,65,66)(H4,48,49,51)/t28-,31-,32-,33-,34-,35-,36-,37-/m0/s1. The van der Waals surface area contributed by atoms with Crippen LogP contribution in [-0.2, 0) is 46.4 Å². The molecule has 1 aromatic carbocycles. The number of nitrogens with two attached hydrogens (primary N) is 4. The maximum absolute atomic E-state index is 14.4. The molecular formula is C45H75N13O8. The highest BCUT2D eigenvalue weighted by atomic mass is 16.4. The molecule has 2 aromatic rings. The lowest BCUT2D eigenvalue weighted by atomic mass is 9.98. The Labute approximate surface area is 388 Å². The molecule has 8 atom stereocenters. The zero-order valence-electron chi connectivity index (χ0n) is 39.3. The first-order chi connectivity index (χ1) is 31.2. The predicted molar refractivity (Wildman–Crippen MR) is 251 cm³/mol. The van der Waals surface area contributed by atoms with Crippen molar-refractivity contribution in [2.45, 2.75) is 148 Å². The number of carbonyl (C=O) groups is 7. The van der Waals surface area contributed by atoms with Crippen LogP contribution in [0.4, 0.5) is 0 Å². The van der Waals surface area contributed by atoms with Crippen molar-refractivity contribution in [1.82, 2.24) is 41.9 Å². The van der Waals surface area contributed by atoms with Crippen LogP contribution in [0.25, 0.3) is 0 Å². The molecule has 16 N–H and O–H groups in total. The molecule has 21 heteroatoms. The quantitative estimate of drug-likeness (QED) is 0.0266. The molecule has 0 fully saturated rings. The Morgan fingerprint density at radius 3 is 1.64 bits per heavy atom. The van der Waals surface area contributed by atoms with Gasteiger partial charge in [-0.25, -0.2) is 9.78 Å². The molecule has 0 aliphatic heterocycles. The van der Waals surface area contributed by atoms with Gasteiger partial charge in [-0.1, -0.05) is 78.3 Å². The van der Waals surface area contributed by atoms with E-state index in [9.17, 15) is 38.7 Å². The van der Waals surface area contributed by atoms with E-state index in [4.69, 9.17) is 22.9 Å². The van der Waals surface area contributed by atoms with E-state index in [0.29, 0.717) is 37.1 Å². The SMILES string of the molecule is CC[C@H](C)[C@H](N)C(=O)N[C@@H](CCCCN)C(=O)N[C@@H](CC(C)C)C(=O)N[C@@H](CCCN=C(N)N)C(=O)N[C@@H](Cc1ccccc1)C(=O)N[C@@H](CC(C)C)C(=O)N[C@@H](Cc1cnc[nH]1)C(=O)O. The molecule has 0 bridgehead atoms. The smallest absolute Gasteiger partial charge is 0.326 e. The van der Waals surface area contributed by atoms with Crippen molar-refractivity contribution in [2.24, 2.45) is 45.7 Å². The van der Waals surface area contributed by atoms with Crippen LogP contribution >= 0.6 is 0 Å². The lowest BCUT2D eigenvalue weighted by Gasteiger charge is -2.28. The van der Waals surface area contributed by atoms with E-state index in [2.05, 4.69) is 46.9 Å². The second-order valence-corrected chi connectivity index (χ2v) is 17.6. The number of imidazole rings is 1. The minimum atomic E-state index is -1.34. The highest BCUT2D eigenvalue weighted by Gasteiger charge is 2.34. The number of guanidine groups is 1. The third kappa shape index (κ3) is 20.8. The Balaban J connectivity index is 2.46. The van der Waals surface area contributed by atoms with Crippen LogP contribution in [0, 0.1) is 17.8 Å². The summed E-state index contributed by atoms with van der Waals surface area (Å²) in [6.45, 7) is 11.6. The van der Waals surface area contributed by atoms with Gasteiger partial charge in [0.15, 0.2) is 5.96 Å². The molecule has 0 unspecified atom stereocenters. The summed E-state index contributed by atoms with van der Waals surface area (Å²) >= 11 is 0. The van der Waals surface area contributed by atoms with Gasteiger partial charge < -0.3 is 64.9 Å². The summed E-state index contributed by atoms with van der Waals surface area (Å²) in [5, 5.41) is 26.3. The second kappa shape index (κ2) is 29.4. The summed E-state index contributed by atoms with van der Waals surface area (Å²) in [6, 6.07) is 0.702. The minimum absolute atomic E-state index is 0.00688. The molecule has 1 aromatic heterocycles. The first-order valence-corrected chi connectivity index (χ1v) is 22.8. The van der Waals surface area contributed by atoms with Gasteiger partial charge in [-0.05, 0) is 74.8 Å². The molecule has 368 valence electrons. The molecule has 0 aliphatic carbocycles. The number of nitrogens with zero attached hydrogens (tertiary/aromatic N) is 2. The van der Waals surface area contributed by atoms with E-state index in [1.807, 2.05) is 41.5 Å². The van der Waals surface area contributed by atoms with Crippen LogP contribution < -0.4 is 54.8 Å². The van der Waals surface area contributed by atoms with Crippen LogP contribution in [-0.4, -0.2) is 118 Å². The first kappa shape index (κ1) is 56.0. The van der Waals surface area contributed by atoms with E-state index in [0.717, 1.165) is 0 Å². The van der Waals surface area contributed by atoms with E-state index in [1.54, 1.807) is 30.3 Å². The van der Waals surface area contributed by atoms with Crippen molar-refractivity contribution in [3.8, 4) is 0 Å². The zero-order chi connectivity index (χ0) is 49.3. The number of carboxylic acids is 1. The number of hydrogen-bond acceptors (Lipinski definition) is 11. The Morgan fingerprint density at radius 2 is 1.15 bits per heavy atom. The number of benzene rings is 1. The van der Waals surface area contributed by atoms with Gasteiger partial charge in [-0.15, -0.1) is 0 Å². The lowest BCUT2D eigenvalue weighted by molar-refractivity contribution is -0.142. The van der Waals surface area contributed by atoms with Crippen LogP contribution in [0.15, 0.2) is 47.8 Å². The number of H-pyrrole nitrogens is 1. The zero-order valence-corrected chi connectivity index (χ0v) is 39.3. The number of nitrogens with one attached hydrogen (secondary N) is 7. The number of carboxylic acid groups (broad SMARTS) is 1. The van der Waals surface area contributed by atoms with E-state index in [1.165, 1.54) is 12.5 Å². The Morgan fingerprint density at radius 1 is 0.667 bits per heavy atom. The highest BCUT2D eigenvalue weighted by Crippen LogP contribution is 2.13. The number of hydrogen-bond donors (Lipinski definition) is 12. The Bertz CT molecular complexity index is 1860. The van der Waals surface area contributed by atoms with Gasteiger partial charge in [0.05, 0.1) is 12.4 Å². The molecule has 1 heterocycles. The van der Waals surface area contributed by atoms with Crippen molar-refractivity contribution in [3.63, 3.8) is 0 Å². The van der Waals surface area contributed by atoms with Crippen LogP contribution in [0.5, 0.6) is 0 Å². The maximum atomic E-state index is 14.4. The summed E-state index contributed by atoms with van der Waals surface area (Å²) in [4.78, 5) is 106. The fourth-order valence-electron chi connectivity index (χ4n) is 6.96. The van der Waals surface area contributed by atoms with Crippen LogP contribution in [0.3, 0.4) is 0 Å². The fraction of sp³-hybridized carbons (Fsp3) is 0.622. The fourth-order valence-corrected chi connectivity index (χ4v) is 6.96. The number of carbonyl (C=O) groups excluding carboxylic acids is 6. The topological polar surface area (TPSA) is 357 Å². The summed E-state index contributed by atoms with van der Waals surface area (Å²) in [6.07, 6.45) is 5.24. The van der Waals surface area contributed by atoms with Gasteiger partial charge in [0.25, 0.3) is 0 Å². The molecule has 66 heavy (non-hydrogen) atoms. The van der Waals surface area contributed by atoms with Gasteiger partial charge in [0.1, 0.15) is 36.3 Å². The van der Waals surface area contributed by atoms with Crippen molar-refractivity contribution in [2.75, 3.05) is 13.1 Å². The summed E-state index contributed by atoms with van der Waals surface area (Å²) in [5.74, 6) is -5.87. The van der Waals surface area contributed by atoms with Gasteiger partial charge in [-0.3, -0.25) is 33.8 Å². The lowest BCUT2D eigenvalue weighted by Crippen LogP contribution is -2.60. The summed E-state index contributed by atoms with van der Waals surface area (Å²) in [7, 11) is 0. The van der Waals surface area contributed by atoms with Gasteiger partial charge in [0.2, 0.25) is 35.4 Å². The number of aliphatic imine (C=N–C) groups is 1. The monoisotopic (exact) mass is 926 g/mol. The molecule has 0 saturated carbocycles. The number of aromatic amines is 1. The van der Waals surface area contributed by atoms with E-state index in [-0.39, 0.29) is 75.2 Å². The van der Waals surface area contributed by atoms with Crippen molar-refractivity contribution < 1.29 is 38.7 Å². The van der Waals surface area contributed by atoms with E-state index < -0.39 is 83.7 Å². The molecule has 0 spiro atoms. The average molecular weight is 926 g/mol. The molecule has 0 saturated heterocycles. The van der Waals surface area contributed by atoms with Crippen molar-refractivity contribution in [1.29, 1.82) is 0 Å². The van der Waals surface area contributed by atoms with Crippen molar-refractivity contribution >= 4 is 47.4 Å². The van der Waals surface area contributed by atoms with Gasteiger partial charge >= 0.3 is 5.97 Å². The van der Waals surface area contributed by atoms with E-state index >= 15 is 0 Å². The highest BCUT2D eigenvalue weighted by molar-refractivity contribution is 5.97. The number of amides is 6. The van der Waals surface area contributed by atoms with Gasteiger partial charge in [-0.2, -0.15) is 0 Å². The number of aromatic nitrogens is 2. The van der Waals surface area contributed by atoms with Gasteiger partial charge in [0, 0.05) is 31.3 Å². The number of aliphatic carboxylic acids is 1. The molecule has 21 nitrogen and oxygen atoms in total. The minimum Gasteiger partial charge on any atom is -0.480 e. The second-order valence-electron chi connectivity index (χ2n) is 17.6. The normalized spacial score (nSPS) is 14.9. The predicted octanol–water partition coefficient (Wildman–Crippen LogP) is -0.164. The summed E-state index contributed by atoms with van der Waals surface area (Å²) < 4.78 is 0. The molecule has 2 rings (SSSR count). The third-order valence-corrected chi connectivity index (χ3v) is 10.9. The Hall–Kier alpha value is -6.09.